The van der Waals surface area contributed by atoms with Crippen molar-refractivity contribution >= 4 is 29.6 Å². The van der Waals surface area contributed by atoms with Crippen molar-refractivity contribution in [2.24, 2.45) is 0 Å². The van der Waals surface area contributed by atoms with Crippen LogP contribution in [0.4, 0.5) is 4.79 Å². The number of methoxy groups -OCH3 is 1. The van der Waals surface area contributed by atoms with Crippen molar-refractivity contribution in [2.45, 2.75) is 37.5 Å². The lowest BCUT2D eigenvalue weighted by molar-refractivity contribution is -0.138. The van der Waals surface area contributed by atoms with Gasteiger partial charge in [0, 0.05) is 18.9 Å². The summed E-state index contributed by atoms with van der Waals surface area (Å²) >= 11 is 1.24. The van der Waals surface area contributed by atoms with E-state index in [-0.39, 0.29) is 5.75 Å². The molecule has 1 fully saturated rings. The first-order valence-electron chi connectivity index (χ1n) is 9.13. The second kappa shape index (κ2) is 8.56. The fourth-order valence-corrected chi connectivity index (χ4v) is 3.78. The van der Waals surface area contributed by atoms with E-state index in [0.717, 1.165) is 18.0 Å². The molecule has 29 heavy (non-hydrogen) atoms. The van der Waals surface area contributed by atoms with Gasteiger partial charge in [0.05, 0.1) is 12.9 Å². The van der Waals surface area contributed by atoms with Crippen molar-refractivity contribution in [1.29, 1.82) is 0 Å². The number of aromatic nitrogens is 2. The molecule has 0 radical (unpaired) electrons. The summed E-state index contributed by atoms with van der Waals surface area (Å²) in [5.74, 6) is -0.457. The number of carbonyl (C=O) groups is 3. The number of benzene rings is 1. The SMILES string of the molecule is CCCn1ccnc1SCC(=O)NN1C(=O)N[C@@](C)(c2cccc(OC)c2)C1=O. The van der Waals surface area contributed by atoms with Crippen molar-refractivity contribution in [3.63, 3.8) is 0 Å². The number of carbonyl (C=O) groups excluding carboxylic acids is 3. The third kappa shape index (κ3) is 4.21. The average Bonchev–Trinajstić information content (AvgIpc) is 3.25. The highest BCUT2D eigenvalue weighted by atomic mass is 32.2. The highest BCUT2D eigenvalue weighted by molar-refractivity contribution is 7.99. The summed E-state index contributed by atoms with van der Waals surface area (Å²) in [6.45, 7) is 4.44. The van der Waals surface area contributed by atoms with Crippen molar-refractivity contribution in [1.82, 2.24) is 25.3 Å². The van der Waals surface area contributed by atoms with Crippen molar-refractivity contribution in [3.8, 4) is 5.75 Å². The van der Waals surface area contributed by atoms with Crippen LogP contribution in [0.15, 0.2) is 41.8 Å². The van der Waals surface area contributed by atoms with E-state index in [4.69, 9.17) is 4.74 Å². The number of aryl methyl sites for hydroxylation is 1. The van der Waals surface area contributed by atoms with Gasteiger partial charge in [-0.3, -0.25) is 15.0 Å². The van der Waals surface area contributed by atoms with Gasteiger partial charge >= 0.3 is 6.03 Å². The molecular weight excluding hydrogens is 394 g/mol. The Bertz CT molecular complexity index is 931. The Labute approximate surface area is 172 Å². The molecule has 1 aromatic carbocycles. The molecule has 1 saturated heterocycles. The van der Waals surface area contributed by atoms with Gasteiger partial charge in [0.1, 0.15) is 11.3 Å². The molecule has 2 N–H and O–H groups in total. The first kappa shape index (κ1) is 20.7. The van der Waals surface area contributed by atoms with Crippen LogP contribution in [-0.4, -0.2) is 45.3 Å². The lowest BCUT2D eigenvalue weighted by atomic mass is 9.92. The smallest absolute Gasteiger partial charge is 0.344 e. The highest BCUT2D eigenvalue weighted by Gasteiger charge is 2.50. The molecule has 0 unspecified atom stereocenters. The fourth-order valence-electron chi connectivity index (χ4n) is 3.00. The Hall–Kier alpha value is -3.01. The van der Waals surface area contributed by atoms with Gasteiger partial charge in [0.15, 0.2) is 5.16 Å². The lowest BCUT2D eigenvalue weighted by Gasteiger charge is -2.22. The van der Waals surface area contributed by atoms with E-state index in [1.807, 2.05) is 10.8 Å². The number of imide groups is 1. The van der Waals surface area contributed by atoms with E-state index < -0.39 is 23.4 Å². The summed E-state index contributed by atoms with van der Waals surface area (Å²) in [5, 5.41) is 4.07. The molecule has 0 saturated carbocycles. The monoisotopic (exact) mass is 417 g/mol. The predicted octanol–water partition coefficient (Wildman–Crippen LogP) is 1.89. The van der Waals surface area contributed by atoms with Gasteiger partial charge in [0.2, 0.25) is 5.91 Å². The molecule has 10 heteroatoms. The number of hydrogen-bond acceptors (Lipinski definition) is 6. The largest absolute Gasteiger partial charge is 0.497 e. The standard InChI is InChI=1S/C19H23N5O4S/c1-4-9-23-10-8-20-18(23)29-12-15(25)22-24-16(26)19(2,21-17(24)27)13-6-5-7-14(11-13)28-3/h5-8,10-11H,4,9,12H2,1-3H3,(H,21,27)(H,22,25)/t19-/m0/s1. The summed E-state index contributed by atoms with van der Waals surface area (Å²) < 4.78 is 7.14. The molecule has 1 aliphatic rings. The highest BCUT2D eigenvalue weighted by Crippen LogP contribution is 2.30. The number of nitrogens with zero attached hydrogens (tertiary/aromatic N) is 3. The molecule has 0 spiro atoms. The summed E-state index contributed by atoms with van der Waals surface area (Å²) in [6, 6.07) is 6.18. The predicted molar refractivity (Wildman–Crippen MR) is 107 cm³/mol. The number of ether oxygens (including phenoxy) is 1. The first-order valence-corrected chi connectivity index (χ1v) is 10.1. The van der Waals surface area contributed by atoms with E-state index in [1.54, 1.807) is 37.4 Å². The molecular formula is C19H23N5O4S. The van der Waals surface area contributed by atoms with Crippen molar-refractivity contribution in [3.05, 3.63) is 42.2 Å². The fraction of sp³-hybridized carbons (Fsp3) is 0.368. The Balaban J connectivity index is 1.66. The molecule has 1 aliphatic heterocycles. The molecule has 1 atom stereocenters. The third-order valence-electron chi connectivity index (χ3n) is 4.55. The van der Waals surface area contributed by atoms with Gasteiger partial charge in [-0.25, -0.2) is 9.78 Å². The second-order valence-corrected chi connectivity index (χ2v) is 7.60. The number of amides is 4. The molecule has 1 aromatic heterocycles. The Kier molecular flexibility index (Phi) is 6.12. The topological polar surface area (TPSA) is 106 Å². The zero-order valence-corrected chi connectivity index (χ0v) is 17.3. The van der Waals surface area contributed by atoms with Gasteiger partial charge in [0.25, 0.3) is 5.91 Å². The number of imidazole rings is 1. The van der Waals surface area contributed by atoms with E-state index in [9.17, 15) is 14.4 Å². The summed E-state index contributed by atoms with van der Waals surface area (Å²) in [4.78, 5) is 41.8. The third-order valence-corrected chi connectivity index (χ3v) is 5.55. The minimum atomic E-state index is -1.30. The number of nitrogens with one attached hydrogen (secondary N) is 2. The maximum absolute atomic E-state index is 12.9. The van der Waals surface area contributed by atoms with Crippen LogP contribution in [0.2, 0.25) is 0 Å². The number of hydrogen-bond donors (Lipinski definition) is 2. The van der Waals surface area contributed by atoms with E-state index in [1.165, 1.54) is 18.9 Å². The van der Waals surface area contributed by atoms with Gasteiger partial charge < -0.3 is 14.6 Å². The van der Waals surface area contributed by atoms with Crippen LogP contribution in [0.3, 0.4) is 0 Å². The molecule has 0 aliphatic carbocycles. The molecule has 3 rings (SSSR count). The van der Waals surface area contributed by atoms with E-state index in [0.29, 0.717) is 16.5 Å². The number of thioether (sulfide) groups is 1. The van der Waals surface area contributed by atoms with Gasteiger partial charge in [-0.05, 0) is 31.0 Å². The first-order chi connectivity index (χ1) is 13.9. The van der Waals surface area contributed by atoms with E-state index in [2.05, 4.69) is 22.7 Å². The molecule has 2 aromatic rings. The Morgan fingerprint density at radius 3 is 2.90 bits per heavy atom. The van der Waals surface area contributed by atoms with Crippen LogP contribution in [0.5, 0.6) is 5.75 Å². The Morgan fingerprint density at radius 1 is 1.38 bits per heavy atom. The summed E-state index contributed by atoms with van der Waals surface area (Å²) in [6.07, 6.45) is 4.47. The summed E-state index contributed by atoms with van der Waals surface area (Å²) in [5.41, 5.74) is 1.65. The molecule has 4 amide bonds. The number of hydrazine groups is 1. The number of rotatable bonds is 8. The quantitative estimate of drug-likeness (QED) is 0.502. The maximum Gasteiger partial charge on any atom is 0.344 e. The van der Waals surface area contributed by atoms with Crippen LogP contribution in [0, 0.1) is 0 Å². The van der Waals surface area contributed by atoms with Gasteiger partial charge in [-0.1, -0.05) is 30.8 Å². The molecule has 9 nitrogen and oxygen atoms in total. The van der Waals surface area contributed by atoms with E-state index >= 15 is 0 Å². The normalized spacial score (nSPS) is 18.7. The van der Waals surface area contributed by atoms with Crippen LogP contribution >= 0.6 is 11.8 Å². The van der Waals surface area contributed by atoms with Crippen LogP contribution in [-0.2, 0) is 21.7 Å². The van der Waals surface area contributed by atoms with Crippen molar-refractivity contribution in [2.75, 3.05) is 12.9 Å². The minimum Gasteiger partial charge on any atom is -0.497 e. The van der Waals surface area contributed by atoms with Crippen LogP contribution in [0.25, 0.3) is 0 Å². The Morgan fingerprint density at radius 2 is 2.17 bits per heavy atom. The molecule has 2 heterocycles. The average molecular weight is 417 g/mol. The zero-order chi connectivity index (χ0) is 21.0. The van der Waals surface area contributed by atoms with Gasteiger partial charge in [-0.15, -0.1) is 0 Å². The van der Waals surface area contributed by atoms with Crippen LogP contribution in [0.1, 0.15) is 25.8 Å². The molecule has 0 bridgehead atoms. The summed E-state index contributed by atoms with van der Waals surface area (Å²) in [7, 11) is 1.52. The zero-order valence-electron chi connectivity index (χ0n) is 16.5. The molecule has 154 valence electrons. The van der Waals surface area contributed by atoms with Crippen LogP contribution < -0.4 is 15.5 Å². The number of urea groups is 1. The minimum absolute atomic E-state index is 0.0215. The van der Waals surface area contributed by atoms with Crippen molar-refractivity contribution < 1.29 is 19.1 Å². The van der Waals surface area contributed by atoms with Gasteiger partial charge in [-0.2, -0.15) is 5.01 Å². The lowest BCUT2D eigenvalue weighted by Crippen LogP contribution is -2.48. The maximum atomic E-state index is 12.9. The second-order valence-electron chi connectivity index (χ2n) is 6.65.